The van der Waals surface area contributed by atoms with Crippen molar-refractivity contribution in [1.82, 2.24) is 0 Å². The molecule has 0 unspecified atom stereocenters. The summed E-state index contributed by atoms with van der Waals surface area (Å²) < 4.78 is 20.1. The molecule has 0 amide bonds. The Morgan fingerprint density at radius 3 is 1.21 bits per heavy atom. The number of hydrogen-bond donors (Lipinski definition) is 0. The lowest BCUT2D eigenvalue weighted by atomic mass is 10.3. The van der Waals surface area contributed by atoms with Crippen LogP contribution in [0.25, 0.3) is 29.3 Å². The Labute approximate surface area is 232 Å². The van der Waals surface area contributed by atoms with E-state index in [2.05, 4.69) is 36.4 Å². The van der Waals surface area contributed by atoms with Crippen LogP contribution in [0.1, 0.15) is 20.8 Å². The van der Waals surface area contributed by atoms with E-state index in [4.69, 9.17) is 46.5 Å². The molecule has 0 aliphatic carbocycles. The highest BCUT2D eigenvalue weighted by Gasteiger charge is 2.44. The van der Waals surface area contributed by atoms with Crippen molar-refractivity contribution in [2.75, 3.05) is 19.8 Å². The highest BCUT2D eigenvalue weighted by Crippen LogP contribution is 2.42. The second-order valence-corrected chi connectivity index (χ2v) is 23.0. The van der Waals surface area contributed by atoms with Crippen LogP contribution in [0.4, 0.5) is 0 Å². The second-order valence-electron chi connectivity index (χ2n) is 7.01. The van der Waals surface area contributed by atoms with E-state index in [1.54, 1.807) is 45.3 Å². The Kier molecular flexibility index (Phi) is 9.20. The molecule has 4 aromatic heterocycles. The van der Waals surface area contributed by atoms with Gasteiger partial charge in [-0.1, -0.05) is 0 Å². The van der Waals surface area contributed by atoms with Crippen molar-refractivity contribution in [2.45, 2.75) is 20.8 Å². The first-order valence-electron chi connectivity index (χ1n) is 10.7. The fraction of sp³-hybridized carbons (Fsp3) is 0.273. The van der Waals surface area contributed by atoms with Crippen LogP contribution < -0.4 is 9.00 Å². The molecule has 0 atom stereocenters. The Hall–Kier alpha value is -0.0162. The summed E-state index contributed by atoms with van der Waals surface area (Å²) in [6.45, 7) is 7.60. The molecule has 4 aromatic rings. The van der Waals surface area contributed by atoms with Crippen molar-refractivity contribution in [3.05, 3.63) is 48.5 Å². The predicted molar refractivity (Wildman–Crippen MR) is 157 cm³/mol. The van der Waals surface area contributed by atoms with Crippen molar-refractivity contribution in [3.8, 4) is 29.3 Å². The smallest absolute Gasteiger partial charge is 0.370 e. The molecule has 0 aliphatic heterocycles. The van der Waals surface area contributed by atoms with E-state index >= 15 is 0 Å². The third-order valence-electron chi connectivity index (χ3n) is 4.74. The molecule has 0 spiro atoms. The quantitative estimate of drug-likeness (QED) is 0.125. The first-order chi connectivity index (χ1) is 16.3. The normalized spacial score (nSPS) is 12.5. The van der Waals surface area contributed by atoms with Gasteiger partial charge in [-0.2, -0.15) is 0 Å². The van der Waals surface area contributed by atoms with Gasteiger partial charge >= 0.3 is 14.8 Å². The maximum absolute atomic E-state index is 6.17. The van der Waals surface area contributed by atoms with Gasteiger partial charge in [0.25, 0.3) is 0 Å². The molecule has 3 nitrogen and oxygen atoms in total. The van der Waals surface area contributed by atoms with E-state index in [-0.39, 0.29) is 0 Å². The molecule has 4 heterocycles. The number of rotatable bonds is 11. The zero-order chi connectivity index (χ0) is 24.3. The molecule has 4 rings (SSSR count). The summed E-state index contributed by atoms with van der Waals surface area (Å²) in [6.07, 6.45) is 0. The largest absolute Gasteiger partial charge is 0.547 e. The first-order valence-corrected chi connectivity index (χ1v) is 20.7. The van der Waals surface area contributed by atoms with Crippen LogP contribution >= 0.6 is 78.6 Å². The molecule has 0 aromatic carbocycles. The average molecular weight is 626 g/mol. The molecule has 0 N–H and O–H groups in total. The molecule has 182 valence electrons. The van der Waals surface area contributed by atoms with Crippen molar-refractivity contribution in [2.24, 2.45) is 0 Å². The van der Waals surface area contributed by atoms with Crippen LogP contribution in [-0.4, -0.2) is 34.6 Å². The van der Waals surface area contributed by atoms with Crippen molar-refractivity contribution >= 4 is 102 Å². The summed E-state index contributed by atoms with van der Waals surface area (Å²) in [4.78, 5) is 7.18. The summed E-state index contributed by atoms with van der Waals surface area (Å²) in [7, 11) is -2.89. The van der Waals surface area contributed by atoms with Gasteiger partial charge in [-0.25, -0.2) is 0 Å². The van der Waals surface area contributed by atoms with Crippen LogP contribution in [0.15, 0.2) is 48.5 Å². The monoisotopic (exact) mass is 624 g/mol. The lowest BCUT2D eigenvalue weighted by Crippen LogP contribution is -2.55. The standard InChI is InChI=1S/C22H23Cl3O3S4Si2/c1-4-26-34(27-5-2,28-6-3)22-14-12-20(32-22)18-10-8-16(30-18)15-7-9-17(29-15)19-11-13-21(31-19)33(23,24)25/h7-14H,4-6H2,1-3H3. The van der Waals surface area contributed by atoms with Crippen molar-refractivity contribution < 1.29 is 13.3 Å². The van der Waals surface area contributed by atoms with Gasteiger partial charge in [0, 0.05) is 53.6 Å². The molecule has 12 heteroatoms. The topological polar surface area (TPSA) is 27.7 Å². The third kappa shape index (κ3) is 5.93. The lowest BCUT2D eigenvalue weighted by molar-refractivity contribution is 0.0866. The van der Waals surface area contributed by atoms with Gasteiger partial charge in [-0.05, 0) is 69.3 Å². The molecule has 0 saturated heterocycles. The maximum atomic E-state index is 6.17. The molecule has 0 fully saturated rings. The summed E-state index contributed by atoms with van der Waals surface area (Å²) in [5.41, 5.74) is 0. The van der Waals surface area contributed by atoms with Gasteiger partial charge in [0.2, 0.25) is 0 Å². The molecule has 0 radical (unpaired) electrons. The highest BCUT2D eigenvalue weighted by atomic mass is 35.8. The summed E-state index contributed by atoms with van der Waals surface area (Å²) in [5, 5.41) is 0. The number of halogens is 3. The average Bonchev–Trinajstić information content (AvgIpc) is 3.59. The van der Waals surface area contributed by atoms with Gasteiger partial charge < -0.3 is 13.3 Å². The fourth-order valence-electron chi connectivity index (χ4n) is 3.37. The summed E-state index contributed by atoms with van der Waals surface area (Å²) >= 11 is 25.3. The zero-order valence-electron chi connectivity index (χ0n) is 18.7. The van der Waals surface area contributed by atoms with Gasteiger partial charge in [-0.3, -0.25) is 0 Å². The molecule has 0 saturated carbocycles. The molecule has 0 bridgehead atoms. The minimum atomic E-state index is -2.89. The van der Waals surface area contributed by atoms with E-state index in [9.17, 15) is 0 Å². The molecule has 34 heavy (non-hydrogen) atoms. The van der Waals surface area contributed by atoms with Crippen LogP contribution in [0.2, 0.25) is 0 Å². The van der Waals surface area contributed by atoms with Crippen molar-refractivity contribution in [1.29, 1.82) is 0 Å². The fourth-order valence-corrected chi connectivity index (χ4v) is 13.3. The number of thiophene rings is 4. The Balaban J connectivity index is 1.57. The highest BCUT2D eigenvalue weighted by molar-refractivity contribution is 7.73. The van der Waals surface area contributed by atoms with Crippen molar-refractivity contribution in [3.63, 3.8) is 0 Å². The zero-order valence-corrected chi connectivity index (χ0v) is 26.3. The van der Waals surface area contributed by atoms with Gasteiger partial charge in [0.15, 0.2) is 0 Å². The van der Waals surface area contributed by atoms with E-state index < -0.39 is 14.8 Å². The first kappa shape index (κ1) is 27.0. The van der Waals surface area contributed by atoms with Gasteiger partial charge in [-0.15, -0.1) is 78.6 Å². The lowest BCUT2D eigenvalue weighted by Gasteiger charge is -2.27. The van der Waals surface area contributed by atoms with Crippen LogP contribution in [0, 0.1) is 0 Å². The number of hydrogen-bond acceptors (Lipinski definition) is 7. The second kappa shape index (κ2) is 11.6. The Morgan fingerprint density at radius 2 is 0.853 bits per heavy atom. The van der Waals surface area contributed by atoms with E-state index in [0.717, 1.165) is 13.9 Å². The van der Waals surface area contributed by atoms with E-state index in [1.807, 2.05) is 32.9 Å². The minimum Gasteiger partial charge on any atom is -0.370 e. The molecule has 0 aliphatic rings. The Bertz CT molecular complexity index is 1210. The Morgan fingerprint density at radius 1 is 0.529 bits per heavy atom. The van der Waals surface area contributed by atoms with Crippen LogP contribution in [0.3, 0.4) is 0 Å². The van der Waals surface area contributed by atoms with Crippen LogP contribution in [-0.2, 0) is 13.3 Å². The van der Waals surface area contributed by atoms with Gasteiger partial charge in [0.05, 0.1) is 4.50 Å². The SMILES string of the molecule is CCO[Si](OCC)(OCC)c1ccc(-c2ccc(-c3ccc(-c4ccc([Si](Cl)(Cl)Cl)s4)s3)s2)s1. The molecular weight excluding hydrogens is 603 g/mol. The summed E-state index contributed by atoms with van der Waals surface area (Å²) in [6, 6.07) is 14.0. The van der Waals surface area contributed by atoms with E-state index in [0.29, 0.717) is 19.8 Å². The van der Waals surface area contributed by atoms with E-state index in [1.165, 1.54) is 24.4 Å². The predicted octanol–water partition coefficient (Wildman–Crippen LogP) is 8.05. The third-order valence-corrected chi connectivity index (χ3v) is 17.9. The minimum absolute atomic E-state index is 0.554. The summed E-state index contributed by atoms with van der Waals surface area (Å²) in [5.74, 6) is 0. The molecular formula is C22H23Cl3O3S4Si2. The van der Waals surface area contributed by atoms with Gasteiger partial charge in [0.1, 0.15) is 0 Å². The van der Waals surface area contributed by atoms with Crippen LogP contribution in [0.5, 0.6) is 0 Å². The maximum Gasteiger partial charge on any atom is 0.547 e.